The van der Waals surface area contributed by atoms with Crippen molar-refractivity contribution in [1.82, 2.24) is 4.90 Å². The van der Waals surface area contributed by atoms with Gasteiger partial charge in [-0.15, -0.1) is 0 Å². The monoisotopic (exact) mass is 398 g/mol. The van der Waals surface area contributed by atoms with Gasteiger partial charge in [0.15, 0.2) is 0 Å². The Hall–Kier alpha value is -2.66. The standard InChI is InChI=1S/C22H23ClN2O3/c1-3-7-20(26)24(15(2)16-8-5-4-6-9-16)19-14-21(27)25(22(19)28)18-12-10-17(23)11-13-18/h4-6,8-13,15,19H,3,7,14H2,1-2H3. The van der Waals surface area contributed by atoms with Crippen LogP contribution in [-0.4, -0.2) is 28.7 Å². The van der Waals surface area contributed by atoms with Gasteiger partial charge in [-0.3, -0.25) is 14.4 Å². The highest BCUT2D eigenvalue weighted by atomic mass is 35.5. The van der Waals surface area contributed by atoms with Gasteiger partial charge in [0, 0.05) is 11.4 Å². The zero-order chi connectivity index (χ0) is 20.3. The molecule has 0 spiro atoms. The summed E-state index contributed by atoms with van der Waals surface area (Å²) >= 11 is 5.91. The highest BCUT2D eigenvalue weighted by molar-refractivity contribution is 6.30. The van der Waals surface area contributed by atoms with Crippen LogP contribution in [0.2, 0.25) is 5.02 Å². The van der Waals surface area contributed by atoms with Crippen molar-refractivity contribution in [2.24, 2.45) is 0 Å². The first-order valence-electron chi connectivity index (χ1n) is 9.42. The van der Waals surface area contributed by atoms with Crippen LogP contribution < -0.4 is 4.90 Å². The Morgan fingerprint density at radius 3 is 2.39 bits per heavy atom. The molecule has 2 aromatic rings. The number of benzene rings is 2. The van der Waals surface area contributed by atoms with Gasteiger partial charge in [0.2, 0.25) is 11.8 Å². The van der Waals surface area contributed by atoms with Crippen molar-refractivity contribution in [3.8, 4) is 0 Å². The molecule has 5 nitrogen and oxygen atoms in total. The molecule has 1 aliphatic rings. The van der Waals surface area contributed by atoms with Crippen molar-refractivity contribution in [3.05, 3.63) is 65.2 Å². The van der Waals surface area contributed by atoms with Gasteiger partial charge >= 0.3 is 0 Å². The third-order valence-corrected chi connectivity index (χ3v) is 5.25. The minimum Gasteiger partial charge on any atom is -0.323 e. The lowest BCUT2D eigenvalue weighted by molar-refractivity contribution is -0.141. The van der Waals surface area contributed by atoms with E-state index in [-0.39, 0.29) is 30.2 Å². The number of anilines is 1. The molecule has 146 valence electrons. The fraction of sp³-hybridized carbons (Fsp3) is 0.318. The lowest BCUT2D eigenvalue weighted by atomic mass is 10.0. The Bertz CT molecular complexity index is 867. The van der Waals surface area contributed by atoms with Crippen LogP contribution in [0.3, 0.4) is 0 Å². The molecule has 1 heterocycles. The smallest absolute Gasteiger partial charge is 0.257 e. The predicted molar refractivity (Wildman–Crippen MR) is 109 cm³/mol. The lowest BCUT2D eigenvalue weighted by Crippen LogP contribution is -2.46. The first kappa shape index (κ1) is 20.1. The second-order valence-electron chi connectivity index (χ2n) is 6.90. The molecule has 2 atom stereocenters. The maximum atomic E-state index is 13.2. The van der Waals surface area contributed by atoms with Crippen LogP contribution in [0.25, 0.3) is 0 Å². The Morgan fingerprint density at radius 2 is 1.79 bits per heavy atom. The summed E-state index contributed by atoms with van der Waals surface area (Å²) in [6.45, 7) is 3.82. The molecule has 1 aliphatic heterocycles. The molecule has 28 heavy (non-hydrogen) atoms. The average molecular weight is 399 g/mol. The normalized spacial score (nSPS) is 17.7. The van der Waals surface area contributed by atoms with E-state index in [2.05, 4.69) is 0 Å². The molecule has 0 aliphatic carbocycles. The van der Waals surface area contributed by atoms with E-state index in [0.29, 0.717) is 23.6 Å². The van der Waals surface area contributed by atoms with Crippen molar-refractivity contribution < 1.29 is 14.4 Å². The summed E-state index contributed by atoms with van der Waals surface area (Å²) in [6.07, 6.45) is 0.983. The van der Waals surface area contributed by atoms with Crippen LogP contribution in [0.15, 0.2) is 54.6 Å². The summed E-state index contributed by atoms with van der Waals surface area (Å²) in [6, 6.07) is 15.0. The maximum absolute atomic E-state index is 13.2. The first-order chi connectivity index (χ1) is 13.4. The molecule has 1 fully saturated rings. The van der Waals surface area contributed by atoms with Crippen molar-refractivity contribution in [3.63, 3.8) is 0 Å². The molecule has 0 N–H and O–H groups in total. The Kier molecular flexibility index (Phi) is 6.15. The fourth-order valence-corrected chi connectivity index (χ4v) is 3.72. The molecule has 2 aromatic carbocycles. The van der Waals surface area contributed by atoms with Gasteiger partial charge in [-0.1, -0.05) is 48.9 Å². The number of carbonyl (C=O) groups is 3. The van der Waals surface area contributed by atoms with E-state index in [1.165, 1.54) is 0 Å². The van der Waals surface area contributed by atoms with Gasteiger partial charge < -0.3 is 4.90 Å². The molecule has 0 aromatic heterocycles. The van der Waals surface area contributed by atoms with E-state index in [0.717, 1.165) is 10.5 Å². The van der Waals surface area contributed by atoms with Crippen LogP contribution in [0.5, 0.6) is 0 Å². The largest absolute Gasteiger partial charge is 0.323 e. The van der Waals surface area contributed by atoms with Crippen LogP contribution in [0.1, 0.15) is 44.7 Å². The summed E-state index contributed by atoms with van der Waals surface area (Å²) in [7, 11) is 0. The quantitative estimate of drug-likeness (QED) is 0.679. The topological polar surface area (TPSA) is 57.7 Å². The maximum Gasteiger partial charge on any atom is 0.257 e. The molecular formula is C22H23ClN2O3. The number of carbonyl (C=O) groups excluding carboxylic acids is 3. The van der Waals surface area contributed by atoms with Crippen molar-refractivity contribution in [1.29, 1.82) is 0 Å². The van der Waals surface area contributed by atoms with E-state index < -0.39 is 6.04 Å². The van der Waals surface area contributed by atoms with Gasteiger partial charge in [-0.2, -0.15) is 0 Å². The molecule has 0 radical (unpaired) electrons. The van der Waals surface area contributed by atoms with Crippen molar-refractivity contribution in [2.45, 2.75) is 45.2 Å². The number of hydrogen-bond acceptors (Lipinski definition) is 3. The number of amides is 3. The van der Waals surface area contributed by atoms with E-state index >= 15 is 0 Å². The van der Waals surface area contributed by atoms with Gasteiger partial charge in [-0.05, 0) is 43.2 Å². The van der Waals surface area contributed by atoms with Gasteiger partial charge in [0.25, 0.3) is 5.91 Å². The Labute approximate surface area is 169 Å². The highest BCUT2D eigenvalue weighted by Gasteiger charge is 2.45. The molecular weight excluding hydrogens is 376 g/mol. The summed E-state index contributed by atoms with van der Waals surface area (Å²) in [4.78, 5) is 41.5. The fourth-order valence-electron chi connectivity index (χ4n) is 3.59. The number of rotatable bonds is 6. The Morgan fingerprint density at radius 1 is 1.14 bits per heavy atom. The predicted octanol–water partition coefficient (Wildman–Crippen LogP) is 4.36. The van der Waals surface area contributed by atoms with Crippen molar-refractivity contribution >= 4 is 35.0 Å². The van der Waals surface area contributed by atoms with Crippen LogP contribution in [-0.2, 0) is 14.4 Å². The summed E-state index contributed by atoms with van der Waals surface area (Å²) in [5.41, 5.74) is 1.40. The van der Waals surface area contributed by atoms with Gasteiger partial charge in [-0.25, -0.2) is 4.90 Å². The van der Waals surface area contributed by atoms with Gasteiger partial charge in [0.1, 0.15) is 6.04 Å². The molecule has 2 unspecified atom stereocenters. The number of halogens is 1. The van der Waals surface area contributed by atoms with E-state index in [9.17, 15) is 14.4 Å². The molecule has 6 heteroatoms. The minimum atomic E-state index is -0.808. The van der Waals surface area contributed by atoms with E-state index in [1.807, 2.05) is 44.2 Å². The Balaban J connectivity index is 1.94. The molecule has 3 amide bonds. The SMILES string of the molecule is CCCC(=O)N(C1CC(=O)N(c2ccc(Cl)cc2)C1=O)C(C)c1ccccc1. The molecule has 1 saturated heterocycles. The minimum absolute atomic E-state index is 0.0198. The first-order valence-corrected chi connectivity index (χ1v) is 9.80. The molecule has 0 saturated carbocycles. The van der Waals surface area contributed by atoms with Crippen LogP contribution in [0, 0.1) is 0 Å². The second-order valence-corrected chi connectivity index (χ2v) is 7.34. The lowest BCUT2D eigenvalue weighted by Gasteiger charge is -2.33. The van der Waals surface area contributed by atoms with Crippen LogP contribution >= 0.6 is 11.6 Å². The average Bonchev–Trinajstić information content (AvgIpc) is 2.98. The van der Waals surface area contributed by atoms with Crippen molar-refractivity contribution in [2.75, 3.05) is 4.90 Å². The number of imide groups is 1. The molecule has 0 bridgehead atoms. The molecule has 3 rings (SSSR count). The summed E-state index contributed by atoms with van der Waals surface area (Å²) in [5, 5.41) is 0.525. The van der Waals surface area contributed by atoms with Gasteiger partial charge in [0.05, 0.1) is 18.2 Å². The third-order valence-electron chi connectivity index (χ3n) is 4.99. The van der Waals surface area contributed by atoms with Crippen LogP contribution in [0.4, 0.5) is 5.69 Å². The number of hydrogen-bond donors (Lipinski definition) is 0. The zero-order valence-electron chi connectivity index (χ0n) is 16.0. The van der Waals surface area contributed by atoms with E-state index in [1.54, 1.807) is 29.2 Å². The highest BCUT2D eigenvalue weighted by Crippen LogP contribution is 2.32. The zero-order valence-corrected chi connectivity index (χ0v) is 16.7. The second kappa shape index (κ2) is 8.57. The summed E-state index contributed by atoms with van der Waals surface area (Å²) < 4.78 is 0. The third kappa shape index (κ3) is 3.94. The van der Waals surface area contributed by atoms with E-state index in [4.69, 9.17) is 11.6 Å². The summed E-state index contributed by atoms with van der Waals surface area (Å²) in [5.74, 6) is -0.811. The number of nitrogens with zero attached hydrogens (tertiary/aromatic N) is 2.